The third-order valence-corrected chi connectivity index (χ3v) is 3.91. The minimum atomic E-state index is -0.482. The summed E-state index contributed by atoms with van der Waals surface area (Å²) in [6.07, 6.45) is 1.34. The molecule has 2 rings (SSSR count). The molecule has 0 radical (unpaired) electrons. The van der Waals surface area contributed by atoms with Crippen LogP contribution in [0.2, 0.25) is 5.02 Å². The quantitative estimate of drug-likeness (QED) is 0.418. The number of para-hydroxylation sites is 1. The van der Waals surface area contributed by atoms with Gasteiger partial charge in [0.2, 0.25) is 0 Å². The van der Waals surface area contributed by atoms with Gasteiger partial charge in [0.25, 0.3) is 5.91 Å². The molecule has 1 amide bonds. The molecular formula is C19H19ClN4O. The standard InChI is InChI=1S/C19H19ClN4O/c1-12(2)15-5-3-4-6-18(15)24-19(25)13(10-21)11-23-14-7-8-17(22)16(20)9-14/h3-9,11-12,23H,22H2,1-2H3,(H,24,25)/b13-11-. The normalized spacial score (nSPS) is 11.1. The third-order valence-electron chi connectivity index (χ3n) is 3.58. The number of benzene rings is 2. The maximum absolute atomic E-state index is 12.4. The van der Waals surface area contributed by atoms with E-state index >= 15 is 0 Å². The number of rotatable bonds is 5. The Morgan fingerprint density at radius 3 is 2.64 bits per heavy atom. The first-order chi connectivity index (χ1) is 11.9. The van der Waals surface area contributed by atoms with E-state index in [0.717, 1.165) is 5.56 Å². The number of halogens is 1. The number of nitrogen functional groups attached to an aromatic ring is 1. The zero-order valence-electron chi connectivity index (χ0n) is 14.0. The van der Waals surface area contributed by atoms with Gasteiger partial charge in [-0.1, -0.05) is 43.6 Å². The molecule has 25 heavy (non-hydrogen) atoms. The van der Waals surface area contributed by atoms with Gasteiger partial charge < -0.3 is 16.4 Å². The summed E-state index contributed by atoms with van der Waals surface area (Å²) in [4.78, 5) is 12.4. The lowest BCUT2D eigenvalue weighted by atomic mass is 10.0. The summed E-state index contributed by atoms with van der Waals surface area (Å²) >= 11 is 5.95. The largest absolute Gasteiger partial charge is 0.398 e. The highest BCUT2D eigenvalue weighted by Crippen LogP contribution is 2.24. The van der Waals surface area contributed by atoms with Crippen LogP contribution in [0, 0.1) is 11.3 Å². The molecule has 0 spiro atoms. The van der Waals surface area contributed by atoms with Crippen molar-refractivity contribution in [3.63, 3.8) is 0 Å². The Balaban J connectivity index is 2.16. The Labute approximate surface area is 152 Å². The van der Waals surface area contributed by atoms with Gasteiger partial charge in [-0.2, -0.15) is 5.26 Å². The van der Waals surface area contributed by atoms with Crippen LogP contribution in [-0.4, -0.2) is 5.91 Å². The number of nitrogens with zero attached hydrogens (tertiary/aromatic N) is 1. The van der Waals surface area contributed by atoms with E-state index in [9.17, 15) is 10.1 Å². The van der Waals surface area contributed by atoms with Crippen molar-refractivity contribution >= 4 is 34.6 Å². The van der Waals surface area contributed by atoms with Gasteiger partial charge in [0.1, 0.15) is 11.6 Å². The zero-order valence-corrected chi connectivity index (χ0v) is 14.8. The van der Waals surface area contributed by atoms with Crippen LogP contribution in [0.15, 0.2) is 54.2 Å². The van der Waals surface area contributed by atoms with Crippen LogP contribution in [0.1, 0.15) is 25.3 Å². The molecule has 128 valence electrons. The molecule has 0 aliphatic heterocycles. The molecule has 0 aliphatic rings. The van der Waals surface area contributed by atoms with Gasteiger partial charge in [0.05, 0.1) is 10.7 Å². The van der Waals surface area contributed by atoms with E-state index < -0.39 is 5.91 Å². The second-order valence-electron chi connectivity index (χ2n) is 5.75. The van der Waals surface area contributed by atoms with Gasteiger partial charge in [-0.25, -0.2) is 0 Å². The number of hydrogen-bond acceptors (Lipinski definition) is 4. The number of carbonyl (C=O) groups is 1. The van der Waals surface area contributed by atoms with Crippen molar-refractivity contribution in [2.45, 2.75) is 19.8 Å². The van der Waals surface area contributed by atoms with E-state index in [1.807, 2.05) is 44.2 Å². The van der Waals surface area contributed by atoms with Gasteiger partial charge in [0.15, 0.2) is 0 Å². The highest BCUT2D eigenvalue weighted by Gasteiger charge is 2.13. The molecule has 0 fully saturated rings. The van der Waals surface area contributed by atoms with Crippen LogP contribution < -0.4 is 16.4 Å². The molecule has 0 aliphatic carbocycles. The van der Waals surface area contributed by atoms with E-state index in [-0.39, 0.29) is 11.5 Å². The lowest BCUT2D eigenvalue weighted by molar-refractivity contribution is -0.112. The molecule has 0 saturated heterocycles. The van der Waals surface area contributed by atoms with E-state index in [2.05, 4.69) is 10.6 Å². The number of carbonyl (C=O) groups excluding carboxylic acids is 1. The SMILES string of the molecule is CC(C)c1ccccc1NC(=O)/C(C#N)=C\Nc1ccc(N)c(Cl)c1. The molecule has 2 aromatic rings. The number of nitrogens with one attached hydrogen (secondary N) is 2. The first-order valence-corrected chi connectivity index (χ1v) is 8.12. The van der Waals surface area contributed by atoms with Crippen LogP contribution in [0.4, 0.5) is 17.1 Å². The molecule has 0 saturated carbocycles. The second-order valence-corrected chi connectivity index (χ2v) is 6.15. The van der Waals surface area contributed by atoms with Crippen LogP contribution >= 0.6 is 11.6 Å². The summed E-state index contributed by atoms with van der Waals surface area (Å²) in [5, 5.41) is 15.3. The number of amides is 1. The van der Waals surface area contributed by atoms with Crippen molar-refractivity contribution in [1.29, 1.82) is 5.26 Å². The van der Waals surface area contributed by atoms with Crippen molar-refractivity contribution in [2.24, 2.45) is 0 Å². The van der Waals surface area contributed by atoms with Crippen LogP contribution in [-0.2, 0) is 4.79 Å². The lowest BCUT2D eigenvalue weighted by Gasteiger charge is -2.13. The summed E-state index contributed by atoms with van der Waals surface area (Å²) in [6.45, 7) is 4.08. The fourth-order valence-corrected chi connectivity index (χ4v) is 2.41. The molecular weight excluding hydrogens is 336 g/mol. The smallest absolute Gasteiger partial charge is 0.267 e. The van der Waals surface area contributed by atoms with Crippen LogP contribution in [0.5, 0.6) is 0 Å². The number of hydrogen-bond donors (Lipinski definition) is 3. The fraction of sp³-hybridized carbons (Fsp3) is 0.158. The molecule has 5 nitrogen and oxygen atoms in total. The molecule has 0 aromatic heterocycles. The van der Waals surface area contributed by atoms with E-state index in [0.29, 0.717) is 22.1 Å². The molecule has 0 unspecified atom stereocenters. The van der Waals surface area contributed by atoms with Gasteiger partial charge >= 0.3 is 0 Å². The van der Waals surface area contributed by atoms with Crippen LogP contribution in [0.25, 0.3) is 0 Å². The highest BCUT2D eigenvalue weighted by atomic mass is 35.5. The molecule has 0 atom stereocenters. The minimum Gasteiger partial charge on any atom is -0.398 e. The highest BCUT2D eigenvalue weighted by molar-refractivity contribution is 6.33. The molecule has 0 bridgehead atoms. The molecule has 4 N–H and O–H groups in total. The van der Waals surface area contributed by atoms with Crippen LogP contribution in [0.3, 0.4) is 0 Å². The van der Waals surface area contributed by atoms with E-state index in [1.54, 1.807) is 18.2 Å². The molecule has 0 heterocycles. The summed E-state index contributed by atoms with van der Waals surface area (Å²) in [5.74, 6) is -0.231. The van der Waals surface area contributed by atoms with Gasteiger partial charge in [-0.15, -0.1) is 0 Å². The van der Waals surface area contributed by atoms with Crippen molar-refractivity contribution in [3.8, 4) is 6.07 Å². The Morgan fingerprint density at radius 1 is 1.28 bits per heavy atom. The lowest BCUT2D eigenvalue weighted by Crippen LogP contribution is -2.16. The first kappa shape index (κ1) is 18.4. The van der Waals surface area contributed by atoms with E-state index in [4.69, 9.17) is 17.3 Å². The summed E-state index contributed by atoms with van der Waals surface area (Å²) in [7, 11) is 0. The first-order valence-electron chi connectivity index (χ1n) is 7.74. The molecule has 2 aromatic carbocycles. The molecule has 6 heteroatoms. The van der Waals surface area contributed by atoms with Crippen molar-refractivity contribution in [1.82, 2.24) is 0 Å². The maximum Gasteiger partial charge on any atom is 0.267 e. The van der Waals surface area contributed by atoms with Crippen molar-refractivity contribution in [2.75, 3.05) is 16.4 Å². The van der Waals surface area contributed by atoms with Crippen molar-refractivity contribution < 1.29 is 4.79 Å². The third kappa shape index (κ3) is 4.75. The maximum atomic E-state index is 12.4. The average Bonchev–Trinajstić information content (AvgIpc) is 2.58. The monoisotopic (exact) mass is 354 g/mol. The summed E-state index contributed by atoms with van der Waals surface area (Å²) in [6, 6.07) is 14.4. The average molecular weight is 355 g/mol. The summed E-state index contributed by atoms with van der Waals surface area (Å²) in [5.41, 5.74) is 8.39. The summed E-state index contributed by atoms with van der Waals surface area (Å²) < 4.78 is 0. The van der Waals surface area contributed by atoms with Gasteiger partial charge in [0, 0.05) is 17.6 Å². The number of nitriles is 1. The Kier molecular flexibility index (Phi) is 6.04. The van der Waals surface area contributed by atoms with Gasteiger partial charge in [-0.05, 0) is 35.7 Å². The number of anilines is 3. The number of nitrogens with two attached hydrogens (primary N) is 1. The Bertz CT molecular complexity index is 853. The Hall–Kier alpha value is -2.97. The fourth-order valence-electron chi connectivity index (χ4n) is 2.22. The van der Waals surface area contributed by atoms with Gasteiger partial charge in [-0.3, -0.25) is 4.79 Å². The Morgan fingerprint density at radius 2 is 2.00 bits per heavy atom. The van der Waals surface area contributed by atoms with Crippen molar-refractivity contribution in [3.05, 3.63) is 64.8 Å². The topological polar surface area (TPSA) is 90.9 Å². The second kappa shape index (κ2) is 8.22. The minimum absolute atomic E-state index is 0.0495. The zero-order chi connectivity index (χ0) is 18.4. The predicted molar refractivity (Wildman–Crippen MR) is 102 cm³/mol. The predicted octanol–water partition coefficient (Wildman–Crippen LogP) is 4.50. The van der Waals surface area contributed by atoms with E-state index in [1.165, 1.54) is 6.20 Å².